The van der Waals surface area contributed by atoms with Gasteiger partial charge in [0.05, 0.1) is 15.2 Å². The third-order valence-electron chi connectivity index (χ3n) is 6.08. The second-order valence-corrected chi connectivity index (χ2v) is 8.83. The summed E-state index contributed by atoms with van der Waals surface area (Å²) in [4.78, 5) is 15.9. The summed E-state index contributed by atoms with van der Waals surface area (Å²) in [7, 11) is 0. The molecule has 2 aliphatic rings. The van der Waals surface area contributed by atoms with Crippen molar-refractivity contribution in [3.8, 4) is 11.1 Å². The minimum atomic E-state index is 0.648. The van der Waals surface area contributed by atoms with E-state index in [1.54, 1.807) is 6.33 Å². The van der Waals surface area contributed by atoms with Gasteiger partial charge < -0.3 is 0 Å². The normalized spacial score (nSPS) is 26.7. The number of likely N-dealkylation sites (tertiary alicyclic amines) is 1. The van der Waals surface area contributed by atoms with Crippen LogP contribution in [-0.2, 0) is 0 Å². The zero-order valence-electron chi connectivity index (χ0n) is 15.1. The summed E-state index contributed by atoms with van der Waals surface area (Å²) in [5.74, 6) is 0.648. The first-order chi connectivity index (χ1) is 12.8. The van der Waals surface area contributed by atoms with Crippen molar-refractivity contribution in [3.05, 3.63) is 41.9 Å². The van der Waals surface area contributed by atoms with Crippen LogP contribution in [0.5, 0.6) is 0 Å². The monoisotopic (exact) mass is 364 g/mol. The Hall–Kier alpha value is -1.85. The molecule has 1 aliphatic heterocycles. The van der Waals surface area contributed by atoms with E-state index < -0.39 is 0 Å². The van der Waals surface area contributed by atoms with Crippen LogP contribution in [0.2, 0.25) is 0 Å². The lowest BCUT2D eigenvalue weighted by molar-refractivity contribution is 0.0480. The van der Waals surface area contributed by atoms with E-state index in [1.807, 2.05) is 23.7 Å². The van der Waals surface area contributed by atoms with E-state index in [0.717, 1.165) is 23.2 Å². The summed E-state index contributed by atoms with van der Waals surface area (Å²) >= 11 is 1.87. The first-order valence-electron chi connectivity index (χ1n) is 9.69. The standard InChI is InChI=1S/C21H24N4S/c1-14-4-2-3-7-25(14)18-8-16(9-18)21-24-19-6-5-15(10-20(19)26-21)17-11-22-13-23-12-17/h5-6,10-14,16,18H,2-4,7-9H2,1H3/t14-,16?,18?/m1/s1. The smallest absolute Gasteiger partial charge is 0.115 e. The molecule has 1 aromatic carbocycles. The lowest BCUT2D eigenvalue weighted by Crippen LogP contribution is -2.50. The topological polar surface area (TPSA) is 41.9 Å². The number of hydrogen-bond acceptors (Lipinski definition) is 5. The summed E-state index contributed by atoms with van der Waals surface area (Å²) in [6.07, 6.45) is 12.0. The number of aromatic nitrogens is 3. The number of nitrogens with zero attached hydrogens (tertiary/aromatic N) is 4. The van der Waals surface area contributed by atoms with Crippen LogP contribution in [0.4, 0.5) is 0 Å². The number of thiazole rings is 1. The van der Waals surface area contributed by atoms with Gasteiger partial charge in [-0.3, -0.25) is 4.90 Å². The molecule has 1 saturated heterocycles. The molecule has 5 heteroatoms. The Morgan fingerprint density at radius 3 is 2.73 bits per heavy atom. The molecule has 26 heavy (non-hydrogen) atoms. The van der Waals surface area contributed by atoms with Crippen molar-refractivity contribution in [3.63, 3.8) is 0 Å². The average molecular weight is 365 g/mol. The third-order valence-corrected chi connectivity index (χ3v) is 7.27. The Morgan fingerprint density at radius 2 is 1.92 bits per heavy atom. The van der Waals surface area contributed by atoms with Crippen LogP contribution in [0, 0.1) is 0 Å². The number of fused-ring (bicyclic) bond motifs is 1. The molecular weight excluding hydrogens is 340 g/mol. The van der Waals surface area contributed by atoms with E-state index in [0.29, 0.717) is 5.92 Å². The Kier molecular flexibility index (Phi) is 4.21. The first kappa shape index (κ1) is 16.3. The summed E-state index contributed by atoms with van der Waals surface area (Å²) < 4.78 is 1.27. The molecule has 1 aliphatic carbocycles. The fraction of sp³-hybridized carbons (Fsp3) is 0.476. The van der Waals surface area contributed by atoms with Crippen LogP contribution < -0.4 is 0 Å². The van der Waals surface area contributed by atoms with Crippen LogP contribution in [0.3, 0.4) is 0 Å². The molecule has 0 N–H and O–H groups in total. The van der Waals surface area contributed by atoms with Gasteiger partial charge in [0, 0.05) is 36.0 Å². The highest BCUT2D eigenvalue weighted by atomic mass is 32.1. The van der Waals surface area contributed by atoms with Crippen molar-refractivity contribution in [1.29, 1.82) is 0 Å². The molecule has 2 aromatic heterocycles. The van der Waals surface area contributed by atoms with Crippen molar-refractivity contribution in [1.82, 2.24) is 19.9 Å². The van der Waals surface area contributed by atoms with Crippen LogP contribution in [0.1, 0.15) is 50.0 Å². The summed E-state index contributed by atoms with van der Waals surface area (Å²) in [6, 6.07) is 8.04. The Balaban J connectivity index is 1.33. The largest absolute Gasteiger partial charge is 0.298 e. The quantitative estimate of drug-likeness (QED) is 0.665. The fourth-order valence-electron chi connectivity index (χ4n) is 4.47. The molecule has 3 heterocycles. The van der Waals surface area contributed by atoms with Crippen molar-refractivity contribution in [2.45, 2.75) is 57.0 Å². The fourth-order valence-corrected chi connectivity index (χ4v) is 5.60. The molecule has 0 unspecified atom stereocenters. The lowest BCUT2D eigenvalue weighted by atomic mass is 9.78. The number of piperidine rings is 1. The lowest BCUT2D eigenvalue weighted by Gasteiger charge is -2.47. The van der Waals surface area contributed by atoms with E-state index in [4.69, 9.17) is 4.98 Å². The van der Waals surface area contributed by atoms with Crippen LogP contribution in [-0.4, -0.2) is 38.5 Å². The molecule has 1 saturated carbocycles. The average Bonchev–Trinajstić information content (AvgIpc) is 3.05. The summed E-state index contributed by atoms with van der Waals surface area (Å²) in [6.45, 7) is 3.69. The zero-order valence-corrected chi connectivity index (χ0v) is 16.0. The SMILES string of the molecule is C[C@@H]1CCCCN1C1CC(c2nc3ccc(-c4cncnc4)cc3s2)C1. The maximum atomic E-state index is 4.94. The maximum absolute atomic E-state index is 4.94. The number of hydrogen-bond donors (Lipinski definition) is 0. The highest BCUT2D eigenvalue weighted by molar-refractivity contribution is 7.18. The molecule has 2 fully saturated rings. The summed E-state index contributed by atoms with van der Waals surface area (Å²) in [5.41, 5.74) is 3.36. The van der Waals surface area contributed by atoms with Crippen molar-refractivity contribution < 1.29 is 0 Å². The molecule has 0 amide bonds. The van der Waals surface area contributed by atoms with Gasteiger partial charge in [0.15, 0.2) is 0 Å². The van der Waals surface area contributed by atoms with Gasteiger partial charge in [-0.15, -0.1) is 11.3 Å². The van der Waals surface area contributed by atoms with Gasteiger partial charge in [-0.05, 0) is 56.8 Å². The summed E-state index contributed by atoms with van der Waals surface area (Å²) in [5, 5.41) is 1.32. The van der Waals surface area contributed by atoms with Gasteiger partial charge in [-0.25, -0.2) is 15.0 Å². The predicted molar refractivity (Wildman–Crippen MR) is 106 cm³/mol. The van der Waals surface area contributed by atoms with E-state index in [1.165, 1.54) is 53.9 Å². The molecular formula is C21H24N4S. The molecule has 0 spiro atoms. The number of benzene rings is 1. The van der Waals surface area contributed by atoms with Crippen molar-refractivity contribution in [2.24, 2.45) is 0 Å². The van der Waals surface area contributed by atoms with Gasteiger partial charge in [-0.2, -0.15) is 0 Å². The highest BCUT2D eigenvalue weighted by Gasteiger charge is 2.38. The van der Waals surface area contributed by atoms with Crippen molar-refractivity contribution in [2.75, 3.05) is 6.54 Å². The van der Waals surface area contributed by atoms with Gasteiger partial charge in [0.25, 0.3) is 0 Å². The van der Waals surface area contributed by atoms with Crippen LogP contribution in [0.15, 0.2) is 36.9 Å². The predicted octanol–water partition coefficient (Wildman–Crippen LogP) is 4.87. The van der Waals surface area contributed by atoms with Crippen molar-refractivity contribution >= 4 is 21.6 Å². The molecule has 4 nitrogen and oxygen atoms in total. The molecule has 134 valence electrons. The molecule has 5 rings (SSSR count). The van der Waals surface area contributed by atoms with E-state index in [2.05, 4.69) is 40.0 Å². The van der Waals surface area contributed by atoms with Gasteiger partial charge in [0.1, 0.15) is 6.33 Å². The molecule has 0 radical (unpaired) electrons. The third kappa shape index (κ3) is 2.93. The van der Waals surface area contributed by atoms with E-state index >= 15 is 0 Å². The first-order valence-corrected chi connectivity index (χ1v) is 10.5. The van der Waals surface area contributed by atoms with Crippen LogP contribution in [0.25, 0.3) is 21.3 Å². The zero-order chi connectivity index (χ0) is 17.5. The second-order valence-electron chi connectivity index (χ2n) is 7.77. The second kappa shape index (κ2) is 6.71. The minimum Gasteiger partial charge on any atom is -0.298 e. The van der Waals surface area contributed by atoms with Gasteiger partial charge >= 0.3 is 0 Å². The van der Waals surface area contributed by atoms with E-state index in [-0.39, 0.29) is 0 Å². The Labute approximate surface area is 158 Å². The minimum absolute atomic E-state index is 0.648. The molecule has 1 atom stereocenters. The maximum Gasteiger partial charge on any atom is 0.115 e. The highest BCUT2D eigenvalue weighted by Crippen LogP contribution is 2.44. The van der Waals surface area contributed by atoms with Gasteiger partial charge in [-0.1, -0.05) is 12.5 Å². The van der Waals surface area contributed by atoms with E-state index in [9.17, 15) is 0 Å². The van der Waals surface area contributed by atoms with Gasteiger partial charge in [0.2, 0.25) is 0 Å². The Morgan fingerprint density at radius 1 is 1.08 bits per heavy atom. The van der Waals surface area contributed by atoms with Crippen LogP contribution >= 0.6 is 11.3 Å². The molecule has 3 aromatic rings. The molecule has 0 bridgehead atoms. The Bertz CT molecular complexity index is 901. The number of rotatable bonds is 3.